The fraction of sp³-hybridized carbons (Fsp3) is 0.214. The van der Waals surface area contributed by atoms with Crippen molar-refractivity contribution in [2.45, 2.75) is 19.9 Å². The summed E-state index contributed by atoms with van der Waals surface area (Å²) in [5.74, 6) is 0. The number of nitrogen functional groups attached to an aromatic ring is 1. The van der Waals surface area contributed by atoms with E-state index in [4.69, 9.17) is 5.73 Å². The zero-order valence-electron chi connectivity index (χ0n) is 11.2. The van der Waals surface area contributed by atoms with Crippen molar-refractivity contribution in [3.8, 4) is 11.3 Å². The Labute approximate surface area is 115 Å². The molecule has 2 rings (SSSR count). The minimum atomic E-state index is -0.456. The number of non-ortho nitro benzene ring substituents is 1. The lowest BCUT2D eigenvalue weighted by atomic mass is 10.1. The van der Waals surface area contributed by atoms with Crippen LogP contribution in [0, 0.1) is 10.1 Å². The van der Waals surface area contributed by atoms with Crippen molar-refractivity contribution in [3.63, 3.8) is 0 Å². The highest BCUT2D eigenvalue weighted by atomic mass is 16.6. The number of nitrogens with two attached hydrogens (primary N) is 1. The Morgan fingerprint density at radius 2 is 1.75 bits per heavy atom. The summed E-state index contributed by atoms with van der Waals surface area (Å²) in [6.07, 6.45) is 0. The fourth-order valence-corrected chi connectivity index (χ4v) is 2.07. The van der Waals surface area contributed by atoms with E-state index in [0.717, 1.165) is 5.56 Å². The van der Waals surface area contributed by atoms with E-state index in [9.17, 15) is 14.9 Å². The van der Waals surface area contributed by atoms with Crippen LogP contribution >= 0.6 is 0 Å². The Hall–Kier alpha value is -2.63. The predicted octanol–water partition coefficient (Wildman–Crippen LogP) is 2.59. The molecule has 0 atom stereocenters. The molecule has 1 heterocycles. The van der Waals surface area contributed by atoms with Crippen molar-refractivity contribution in [1.82, 2.24) is 4.57 Å². The number of nitro benzene ring substituents is 1. The Morgan fingerprint density at radius 3 is 2.25 bits per heavy atom. The van der Waals surface area contributed by atoms with Gasteiger partial charge in [-0.3, -0.25) is 14.9 Å². The molecule has 0 aliphatic heterocycles. The summed E-state index contributed by atoms with van der Waals surface area (Å²) in [4.78, 5) is 22.3. The number of hydrogen-bond acceptors (Lipinski definition) is 4. The van der Waals surface area contributed by atoms with Gasteiger partial charge in [-0.25, -0.2) is 0 Å². The summed E-state index contributed by atoms with van der Waals surface area (Å²) in [7, 11) is 0. The first kappa shape index (κ1) is 13.8. The topological polar surface area (TPSA) is 91.2 Å². The molecule has 20 heavy (non-hydrogen) atoms. The van der Waals surface area contributed by atoms with Crippen LogP contribution in [0.25, 0.3) is 11.3 Å². The third-order valence-electron chi connectivity index (χ3n) is 3.04. The SMILES string of the molecule is CC(C)n1c(-c2ccc([N+](=O)[O-])cc2)ccc(N)c1=O. The number of nitrogens with zero attached hydrogens (tertiary/aromatic N) is 2. The monoisotopic (exact) mass is 273 g/mol. The maximum absolute atomic E-state index is 12.1. The quantitative estimate of drug-likeness (QED) is 0.687. The molecule has 0 aliphatic rings. The molecular weight excluding hydrogens is 258 g/mol. The van der Waals surface area contributed by atoms with Crippen LogP contribution in [0.3, 0.4) is 0 Å². The summed E-state index contributed by atoms with van der Waals surface area (Å²) >= 11 is 0. The van der Waals surface area contributed by atoms with E-state index in [2.05, 4.69) is 0 Å². The predicted molar refractivity (Wildman–Crippen MR) is 77.6 cm³/mol. The van der Waals surface area contributed by atoms with Gasteiger partial charge in [-0.1, -0.05) is 0 Å². The molecule has 2 N–H and O–H groups in total. The van der Waals surface area contributed by atoms with Gasteiger partial charge < -0.3 is 10.3 Å². The van der Waals surface area contributed by atoms with Crippen molar-refractivity contribution < 1.29 is 4.92 Å². The third kappa shape index (κ3) is 2.40. The van der Waals surface area contributed by atoms with Gasteiger partial charge in [0.1, 0.15) is 0 Å². The van der Waals surface area contributed by atoms with E-state index in [1.165, 1.54) is 12.1 Å². The van der Waals surface area contributed by atoms with Gasteiger partial charge in [-0.2, -0.15) is 0 Å². The average Bonchev–Trinajstić information content (AvgIpc) is 2.41. The van der Waals surface area contributed by atoms with Crippen molar-refractivity contribution >= 4 is 11.4 Å². The van der Waals surface area contributed by atoms with Crippen LogP contribution in [0.4, 0.5) is 11.4 Å². The minimum absolute atomic E-state index is 0.0163. The minimum Gasteiger partial charge on any atom is -0.394 e. The van der Waals surface area contributed by atoms with Crippen LogP contribution in [-0.4, -0.2) is 9.49 Å². The van der Waals surface area contributed by atoms with Crippen LogP contribution in [0.5, 0.6) is 0 Å². The summed E-state index contributed by atoms with van der Waals surface area (Å²) < 4.78 is 1.58. The van der Waals surface area contributed by atoms with Crippen LogP contribution in [0.15, 0.2) is 41.2 Å². The van der Waals surface area contributed by atoms with Crippen molar-refractivity contribution in [3.05, 3.63) is 56.9 Å². The Morgan fingerprint density at radius 1 is 1.15 bits per heavy atom. The molecule has 1 aromatic heterocycles. The number of rotatable bonds is 3. The van der Waals surface area contributed by atoms with Gasteiger partial charge in [0.25, 0.3) is 11.2 Å². The summed E-state index contributed by atoms with van der Waals surface area (Å²) in [5, 5.41) is 10.7. The van der Waals surface area contributed by atoms with Crippen molar-refractivity contribution in [1.29, 1.82) is 0 Å². The summed E-state index contributed by atoms with van der Waals surface area (Å²) in [6, 6.07) is 9.33. The molecule has 104 valence electrons. The summed E-state index contributed by atoms with van der Waals surface area (Å²) in [5.41, 5.74) is 7.02. The van der Waals surface area contributed by atoms with Gasteiger partial charge in [0.05, 0.1) is 16.3 Å². The highest BCUT2D eigenvalue weighted by Gasteiger charge is 2.13. The van der Waals surface area contributed by atoms with Gasteiger partial charge in [0.15, 0.2) is 0 Å². The fourth-order valence-electron chi connectivity index (χ4n) is 2.07. The molecule has 2 aromatic rings. The van der Waals surface area contributed by atoms with Gasteiger partial charge >= 0.3 is 0 Å². The molecule has 0 radical (unpaired) electrons. The first-order chi connectivity index (χ1) is 9.41. The third-order valence-corrected chi connectivity index (χ3v) is 3.04. The lowest BCUT2D eigenvalue weighted by Crippen LogP contribution is -2.25. The van der Waals surface area contributed by atoms with E-state index in [1.807, 2.05) is 13.8 Å². The second-order valence-corrected chi connectivity index (χ2v) is 4.75. The van der Waals surface area contributed by atoms with E-state index in [1.54, 1.807) is 28.8 Å². The second-order valence-electron chi connectivity index (χ2n) is 4.75. The lowest BCUT2D eigenvalue weighted by Gasteiger charge is -2.17. The van der Waals surface area contributed by atoms with Gasteiger partial charge in [-0.05, 0) is 43.7 Å². The Kier molecular flexibility index (Phi) is 3.56. The molecule has 0 saturated heterocycles. The number of nitro groups is 1. The highest BCUT2D eigenvalue weighted by molar-refractivity contribution is 5.63. The molecule has 0 spiro atoms. The number of aromatic nitrogens is 1. The molecule has 6 nitrogen and oxygen atoms in total. The van der Waals surface area contributed by atoms with E-state index in [0.29, 0.717) is 5.69 Å². The maximum Gasteiger partial charge on any atom is 0.274 e. The Bertz CT molecular complexity index is 703. The molecule has 1 aromatic carbocycles. The first-order valence-corrected chi connectivity index (χ1v) is 6.17. The number of benzene rings is 1. The largest absolute Gasteiger partial charge is 0.394 e. The maximum atomic E-state index is 12.1. The molecule has 0 saturated carbocycles. The lowest BCUT2D eigenvalue weighted by molar-refractivity contribution is -0.384. The highest BCUT2D eigenvalue weighted by Crippen LogP contribution is 2.24. The molecule has 0 aliphatic carbocycles. The van der Waals surface area contributed by atoms with Gasteiger partial charge in [0, 0.05) is 18.2 Å². The van der Waals surface area contributed by atoms with Gasteiger partial charge in [0.2, 0.25) is 0 Å². The van der Waals surface area contributed by atoms with Crippen molar-refractivity contribution in [2.24, 2.45) is 0 Å². The normalized spacial score (nSPS) is 10.8. The molecule has 0 amide bonds. The van der Waals surface area contributed by atoms with Crippen LogP contribution in [0.2, 0.25) is 0 Å². The van der Waals surface area contributed by atoms with Gasteiger partial charge in [-0.15, -0.1) is 0 Å². The molecule has 0 unspecified atom stereocenters. The molecule has 0 bridgehead atoms. The van der Waals surface area contributed by atoms with Crippen LogP contribution in [0.1, 0.15) is 19.9 Å². The second kappa shape index (κ2) is 5.16. The molecule has 6 heteroatoms. The van der Waals surface area contributed by atoms with Crippen LogP contribution in [-0.2, 0) is 0 Å². The zero-order chi connectivity index (χ0) is 14.9. The van der Waals surface area contributed by atoms with Crippen LogP contribution < -0.4 is 11.3 Å². The number of pyridine rings is 1. The smallest absolute Gasteiger partial charge is 0.274 e. The molecular formula is C14H15N3O3. The zero-order valence-corrected chi connectivity index (χ0v) is 11.2. The van der Waals surface area contributed by atoms with E-state index in [-0.39, 0.29) is 23.0 Å². The summed E-state index contributed by atoms with van der Waals surface area (Å²) in [6.45, 7) is 3.77. The first-order valence-electron chi connectivity index (χ1n) is 6.17. The Balaban J connectivity index is 2.61. The van der Waals surface area contributed by atoms with E-state index < -0.39 is 4.92 Å². The molecule has 0 fully saturated rings. The number of anilines is 1. The van der Waals surface area contributed by atoms with E-state index >= 15 is 0 Å². The average molecular weight is 273 g/mol. The standard InChI is InChI=1S/C14H15N3O3/c1-9(2)16-13(8-7-12(15)14(16)18)10-3-5-11(6-4-10)17(19)20/h3-9H,15H2,1-2H3. The number of hydrogen-bond donors (Lipinski definition) is 1. The van der Waals surface area contributed by atoms with Crippen molar-refractivity contribution in [2.75, 3.05) is 5.73 Å².